The SMILES string of the molecule is COCCOCCOCCOCCOCCOCCOCCOCCOCCOCCOC(=O)C1(C)CC2CC1C1C3C=CC(C3)C21. The van der Waals surface area contributed by atoms with Gasteiger partial charge >= 0.3 is 5.97 Å². The molecule has 3 fully saturated rings. The summed E-state index contributed by atoms with van der Waals surface area (Å²) in [5.74, 6) is 4.12. The Bertz CT molecular complexity index is 873. The summed E-state index contributed by atoms with van der Waals surface area (Å²) in [5.41, 5.74) is -0.323. The van der Waals surface area contributed by atoms with Gasteiger partial charge in [-0.3, -0.25) is 4.79 Å². The smallest absolute Gasteiger partial charge is 0.312 e. The van der Waals surface area contributed by atoms with Crippen LogP contribution >= 0.6 is 0 Å². The molecule has 0 radical (unpaired) electrons. The van der Waals surface area contributed by atoms with Crippen molar-refractivity contribution in [2.45, 2.75) is 26.2 Å². The van der Waals surface area contributed by atoms with Gasteiger partial charge in [0.15, 0.2) is 0 Å². The molecule has 0 heterocycles. The van der Waals surface area contributed by atoms with E-state index in [4.69, 9.17) is 52.1 Å². The highest BCUT2D eigenvalue weighted by atomic mass is 16.6. The second-order valence-electron chi connectivity index (χ2n) is 13.0. The lowest BCUT2D eigenvalue weighted by Crippen LogP contribution is -2.43. The zero-order chi connectivity index (χ0) is 33.0. The van der Waals surface area contributed by atoms with Crippen LogP contribution in [0.4, 0.5) is 0 Å². The molecule has 0 aromatic rings. The van der Waals surface area contributed by atoms with Crippen LogP contribution in [0.1, 0.15) is 26.2 Å². The molecule has 0 N–H and O–H groups in total. The predicted octanol–water partition coefficient (Wildman–Crippen LogP) is 2.81. The lowest BCUT2D eigenvalue weighted by Gasteiger charge is -2.41. The third-order valence-electron chi connectivity index (χ3n) is 9.99. The molecule has 4 aliphatic rings. The normalized spacial score (nSPS) is 28.5. The summed E-state index contributed by atoms with van der Waals surface area (Å²) < 4.78 is 59.9. The van der Waals surface area contributed by atoms with Crippen molar-refractivity contribution in [3.8, 4) is 0 Å². The van der Waals surface area contributed by atoms with E-state index in [1.54, 1.807) is 7.11 Å². The Morgan fingerprint density at radius 2 is 0.894 bits per heavy atom. The summed E-state index contributed by atoms with van der Waals surface area (Å²) in [4.78, 5) is 13.0. The number of carbonyl (C=O) groups excluding carboxylic acids is 1. The van der Waals surface area contributed by atoms with Crippen molar-refractivity contribution in [1.29, 1.82) is 0 Å². The fraction of sp³-hybridized carbons (Fsp3) is 0.914. The molecule has 0 amide bonds. The van der Waals surface area contributed by atoms with Crippen molar-refractivity contribution in [3.05, 3.63) is 12.2 Å². The number of fused-ring (bicyclic) bond motifs is 9. The third-order valence-corrected chi connectivity index (χ3v) is 9.99. The molecule has 12 nitrogen and oxygen atoms in total. The number of methoxy groups -OCH3 is 1. The van der Waals surface area contributed by atoms with Crippen molar-refractivity contribution in [1.82, 2.24) is 0 Å². The maximum atomic E-state index is 13.0. The number of esters is 1. The minimum atomic E-state index is -0.323. The fourth-order valence-corrected chi connectivity index (χ4v) is 7.97. The van der Waals surface area contributed by atoms with Crippen LogP contribution in [0.15, 0.2) is 12.2 Å². The van der Waals surface area contributed by atoms with E-state index in [1.807, 2.05) is 0 Å². The number of carbonyl (C=O) groups is 1. The zero-order valence-corrected chi connectivity index (χ0v) is 28.8. The molecule has 0 spiro atoms. The summed E-state index contributed by atoms with van der Waals surface area (Å²) in [6.07, 6.45) is 8.36. The van der Waals surface area contributed by atoms with E-state index in [2.05, 4.69) is 19.1 Å². The maximum Gasteiger partial charge on any atom is 0.312 e. The van der Waals surface area contributed by atoms with Gasteiger partial charge in [0, 0.05) is 7.11 Å². The van der Waals surface area contributed by atoms with E-state index in [0.717, 1.165) is 18.3 Å². The van der Waals surface area contributed by atoms with Crippen molar-refractivity contribution in [3.63, 3.8) is 0 Å². The maximum absolute atomic E-state index is 13.0. The molecular weight excluding hydrogens is 612 g/mol. The molecule has 0 aromatic heterocycles. The highest BCUT2D eigenvalue weighted by molar-refractivity contribution is 5.77. The molecule has 12 heteroatoms. The topological polar surface area (TPSA) is 119 Å². The largest absolute Gasteiger partial charge is 0.463 e. The monoisotopic (exact) mass is 672 g/mol. The molecule has 272 valence electrons. The van der Waals surface area contributed by atoms with Crippen LogP contribution in [0.3, 0.4) is 0 Å². The van der Waals surface area contributed by atoms with Gasteiger partial charge in [0.1, 0.15) is 6.61 Å². The van der Waals surface area contributed by atoms with Crippen LogP contribution in [0.5, 0.6) is 0 Å². The van der Waals surface area contributed by atoms with Crippen LogP contribution in [0.25, 0.3) is 0 Å². The standard InChI is InChI=1S/C35H60O12/c1-35(27-30-26-31(35)33-29-4-3-28(25-29)32(30)33)34(36)47-24-23-46-22-21-45-20-19-44-18-17-43-16-15-42-14-13-41-12-11-40-10-9-39-8-7-38-6-5-37-2/h3-4,28-33H,5-27H2,1-2H3. The Labute approximate surface area is 281 Å². The van der Waals surface area contributed by atoms with Crippen LogP contribution in [0.2, 0.25) is 0 Å². The molecular formula is C35H60O12. The number of ether oxygens (including phenoxy) is 11. The zero-order valence-electron chi connectivity index (χ0n) is 28.8. The highest BCUT2D eigenvalue weighted by Gasteiger charge is 2.67. The van der Waals surface area contributed by atoms with Crippen molar-refractivity contribution in [2.24, 2.45) is 40.9 Å². The second kappa shape index (κ2) is 22.5. The summed E-state index contributed by atoms with van der Waals surface area (Å²) in [6, 6.07) is 0. The average Bonchev–Trinajstić information content (AvgIpc) is 3.86. The molecule has 47 heavy (non-hydrogen) atoms. The Morgan fingerprint density at radius 3 is 1.30 bits per heavy atom. The number of rotatable bonds is 31. The molecule has 0 aliphatic heterocycles. The van der Waals surface area contributed by atoms with Crippen molar-refractivity contribution >= 4 is 5.97 Å². The van der Waals surface area contributed by atoms with E-state index in [9.17, 15) is 4.79 Å². The fourth-order valence-electron chi connectivity index (χ4n) is 7.97. The van der Waals surface area contributed by atoms with Crippen molar-refractivity contribution < 1.29 is 56.9 Å². The van der Waals surface area contributed by atoms with Crippen LogP contribution in [0, 0.1) is 40.9 Å². The molecule has 7 atom stereocenters. The van der Waals surface area contributed by atoms with Gasteiger partial charge in [0.25, 0.3) is 0 Å². The lowest BCUT2D eigenvalue weighted by atomic mass is 9.63. The second-order valence-corrected chi connectivity index (χ2v) is 13.0. The molecule has 4 rings (SSSR count). The minimum absolute atomic E-state index is 0.0263. The van der Waals surface area contributed by atoms with Gasteiger partial charge in [-0.15, -0.1) is 0 Å². The van der Waals surface area contributed by atoms with Gasteiger partial charge in [0.05, 0.1) is 131 Å². The Hall–Kier alpha value is -1.19. The van der Waals surface area contributed by atoms with E-state index >= 15 is 0 Å². The van der Waals surface area contributed by atoms with E-state index in [0.29, 0.717) is 156 Å². The minimum Gasteiger partial charge on any atom is -0.463 e. The Morgan fingerprint density at radius 1 is 0.532 bits per heavy atom. The molecule has 4 aliphatic carbocycles. The first-order valence-electron chi connectivity index (χ1n) is 17.7. The molecule has 3 saturated carbocycles. The molecule has 0 saturated heterocycles. The molecule has 4 bridgehead atoms. The highest BCUT2D eigenvalue weighted by Crippen LogP contribution is 2.70. The molecule has 0 aromatic carbocycles. The number of allylic oxidation sites excluding steroid dienone is 2. The third kappa shape index (κ3) is 12.6. The summed E-state index contributed by atoms with van der Waals surface area (Å²) >= 11 is 0. The van der Waals surface area contributed by atoms with Crippen molar-refractivity contribution in [2.75, 3.05) is 139 Å². The first-order valence-corrected chi connectivity index (χ1v) is 17.7. The quantitative estimate of drug-likeness (QED) is 0.0467. The van der Waals surface area contributed by atoms with Crippen LogP contribution in [-0.4, -0.2) is 145 Å². The first-order chi connectivity index (χ1) is 23.1. The predicted molar refractivity (Wildman–Crippen MR) is 172 cm³/mol. The summed E-state index contributed by atoms with van der Waals surface area (Å²) in [5, 5.41) is 0. The van der Waals surface area contributed by atoms with Crippen LogP contribution < -0.4 is 0 Å². The summed E-state index contributed by atoms with van der Waals surface area (Å²) in [7, 11) is 1.65. The van der Waals surface area contributed by atoms with E-state index in [-0.39, 0.29) is 11.4 Å². The van der Waals surface area contributed by atoms with Gasteiger partial charge in [-0.1, -0.05) is 12.2 Å². The van der Waals surface area contributed by atoms with Gasteiger partial charge in [0.2, 0.25) is 0 Å². The summed E-state index contributed by atoms with van der Waals surface area (Å²) in [6.45, 7) is 12.2. The molecule has 7 unspecified atom stereocenters. The van der Waals surface area contributed by atoms with E-state index < -0.39 is 0 Å². The average molecular weight is 673 g/mol. The first kappa shape index (κ1) is 38.6. The van der Waals surface area contributed by atoms with Gasteiger partial charge in [-0.2, -0.15) is 0 Å². The van der Waals surface area contributed by atoms with E-state index in [1.165, 1.54) is 12.8 Å². The Kier molecular flexibility index (Phi) is 18.5. The van der Waals surface area contributed by atoms with Gasteiger partial charge < -0.3 is 52.1 Å². The Balaban J connectivity index is 0.809. The number of hydrogen-bond donors (Lipinski definition) is 0. The van der Waals surface area contributed by atoms with Crippen LogP contribution in [-0.2, 0) is 56.9 Å². The number of hydrogen-bond acceptors (Lipinski definition) is 12. The lowest BCUT2D eigenvalue weighted by molar-refractivity contribution is -0.162. The van der Waals surface area contributed by atoms with Gasteiger partial charge in [-0.05, 0) is 61.7 Å². The van der Waals surface area contributed by atoms with Gasteiger partial charge in [-0.25, -0.2) is 0 Å².